The maximum Gasteiger partial charge on any atom is 0.0497 e. The predicted molar refractivity (Wildman–Crippen MR) is 99.9 cm³/mol. The monoisotopic (exact) mass is 306 g/mol. The Morgan fingerprint density at radius 2 is 1.83 bits per heavy atom. The first kappa shape index (κ1) is 15.8. The molecule has 1 aromatic heterocycles. The van der Waals surface area contributed by atoms with E-state index in [1.165, 1.54) is 44.4 Å². The van der Waals surface area contributed by atoms with Gasteiger partial charge in [-0.05, 0) is 74.9 Å². The molecular weight excluding hydrogens is 280 g/mol. The summed E-state index contributed by atoms with van der Waals surface area (Å²) >= 11 is 0. The quantitative estimate of drug-likeness (QED) is 0.637. The number of H-pyrrole nitrogens is 1. The van der Waals surface area contributed by atoms with E-state index in [0.29, 0.717) is 0 Å². The highest BCUT2D eigenvalue weighted by Crippen LogP contribution is 2.34. The van der Waals surface area contributed by atoms with Crippen LogP contribution in [0.2, 0.25) is 0 Å². The van der Waals surface area contributed by atoms with E-state index in [9.17, 15) is 0 Å². The molecule has 3 rings (SSSR count). The van der Waals surface area contributed by atoms with Crippen LogP contribution in [-0.2, 0) is 6.42 Å². The minimum atomic E-state index is 0.764. The van der Waals surface area contributed by atoms with Crippen LogP contribution in [0.1, 0.15) is 35.1 Å². The molecule has 1 heterocycles. The highest BCUT2D eigenvalue weighted by Gasteiger charge is 2.15. The van der Waals surface area contributed by atoms with Crippen LogP contribution in [0.5, 0.6) is 0 Å². The second-order valence-electron chi connectivity index (χ2n) is 6.52. The molecule has 0 fully saturated rings. The van der Waals surface area contributed by atoms with Gasteiger partial charge in [0.15, 0.2) is 0 Å². The summed E-state index contributed by atoms with van der Waals surface area (Å²) < 4.78 is 0. The van der Waals surface area contributed by atoms with E-state index in [1.807, 2.05) is 0 Å². The van der Waals surface area contributed by atoms with Gasteiger partial charge < -0.3 is 10.7 Å². The number of aromatic amines is 1. The maximum atomic E-state index is 5.69. The molecule has 3 N–H and O–H groups in total. The number of unbranched alkanes of at least 4 members (excludes halogenated alkanes) is 1. The SMILES string of the molecule is Cc1cccc(-c2[nH]c3c(C)c(C)ccc3c2CCCCN)c1. The molecular formula is C21H26N2. The molecule has 0 saturated heterocycles. The van der Waals surface area contributed by atoms with Crippen LogP contribution in [0, 0.1) is 20.8 Å². The molecule has 0 amide bonds. The topological polar surface area (TPSA) is 41.8 Å². The third kappa shape index (κ3) is 3.04. The Morgan fingerprint density at radius 3 is 2.57 bits per heavy atom. The fourth-order valence-corrected chi connectivity index (χ4v) is 3.32. The molecule has 2 heteroatoms. The Kier molecular flexibility index (Phi) is 4.53. The molecule has 0 radical (unpaired) electrons. The van der Waals surface area contributed by atoms with Crippen molar-refractivity contribution < 1.29 is 0 Å². The number of rotatable bonds is 5. The number of nitrogens with two attached hydrogens (primary N) is 1. The van der Waals surface area contributed by atoms with Gasteiger partial charge in [0.05, 0.1) is 0 Å². The first-order valence-electron chi connectivity index (χ1n) is 8.49. The van der Waals surface area contributed by atoms with Crippen molar-refractivity contribution in [3.05, 3.63) is 58.7 Å². The van der Waals surface area contributed by atoms with E-state index in [2.05, 4.69) is 62.2 Å². The van der Waals surface area contributed by atoms with Gasteiger partial charge in [0.25, 0.3) is 0 Å². The molecule has 0 saturated carbocycles. The first-order chi connectivity index (χ1) is 11.1. The first-order valence-corrected chi connectivity index (χ1v) is 8.49. The van der Waals surface area contributed by atoms with Crippen LogP contribution in [0.15, 0.2) is 36.4 Å². The highest BCUT2D eigenvalue weighted by atomic mass is 14.7. The third-order valence-corrected chi connectivity index (χ3v) is 4.80. The van der Waals surface area contributed by atoms with Crippen molar-refractivity contribution in [2.45, 2.75) is 40.0 Å². The summed E-state index contributed by atoms with van der Waals surface area (Å²) in [7, 11) is 0. The molecule has 0 aliphatic rings. The Hall–Kier alpha value is -2.06. The van der Waals surface area contributed by atoms with Crippen molar-refractivity contribution >= 4 is 10.9 Å². The zero-order valence-corrected chi connectivity index (χ0v) is 14.4. The summed E-state index contributed by atoms with van der Waals surface area (Å²) in [6.07, 6.45) is 3.28. The van der Waals surface area contributed by atoms with E-state index in [-0.39, 0.29) is 0 Å². The molecule has 0 unspecified atom stereocenters. The van der Waals surface area contributed by atoms with Gasteiger partial charge in [-0.1, -0.05) is 35.9 Å². The molecule has 23 heavy (non-hydrogen) atoms. The van der Waals surface area contributed by atoms with Crippen LogP contribution >= 0.6 is 0 Å². The summed E-state index contributed by atoms with van der Waals surface area (Å²) in [4.78, 5) is 3.71. The number of nitrogens with one attached hydrogen (secondary N) is 1. The van der Waals surface area contributed by atoms with Crippen molar-refractivity contribution in [2.24, 2.45) is 5.73 Å². The molecule has 2 aromatic carbocycles. The van der Waals surface area contributed by atoms with Crippen molar-refractivity contribution in [1.29, 1.82) is 0 Å². The van der Waals surface area contributed by atoms with E-state index in [0.717, 1.165) is 25.8 Å². The van der Waals surface area contributed by atoms with Crippen LogP contribution in [0.25, 0.3) is 22.2 Å². The Balaban J connectivity index is 2.18. The largest absolute Gasteiger partial charge is 0.354 e. The van der Waals surface area contributed by atoms with E-state index in [1.54, 1.807) is 0 Å². The van der Waals surface area contributed by atoms with Gasteiger partial charge in [-0.2, -0.15) is 0 Å². The fraction of sp³-hybridized carbons (Fsp3) is 0.333. The number of fused-ring (bicyclic) bond motifs is 1. The molecule has 0 atom stereocenters. The standard InChI is InChI=1S/C21H26N2/c1-14-7-6-8-17(13-14)21-18(9-4-5-12-22)19-11-10-15(2)16(3)20(19)23-21/h6-8,10-11,13,23H,4-5,9,12,22H2,1-3H3. The molecule has 0 spiro atoms. The Labute approximate surface area is 138 Å². The van der Waals surface area contributed by atoms with Gasteiger partial charge in [-0.15, -0.1) is 0 Å². The van der Waals surface area contributed by atoms with Gasteiger partial charge in [-0.25, -0.2) is 0 Å². The van der Waals surface area contributed by atoms with Gasteiger partial charge in [0, 0.05) is 16.6 Å². The Morgan fingerprint density at radius 1 is 1.00 bits per heavy atom. The zero-order valence-electron chi connectivity index (χ0n) is 14.4. The fourth-order valence-electron chi connectivity index (χ4n) is 3.32. The predicted octanol–water partition coefficient (Wildman–Crippen LogP) is 5.04. The van der Waals surface area contributed by atoms with Crippen LogP contribution in [0.4, 0.5) is 0 Å². The van der Waals surface area contributed by atoms with Gasteiger partial charge in [0.1, 0.15) is 0 Å². The number of benzene rings is 2. The van der Waals surface area contributed by atoms with Crippen LogP contribution < -0.4 is 5.73 Å². The van der Waals surface area contributed by atoms with Crippen molar-refractivity contribution in [1.82, 2.24) is 4.98 Å². The van der Waals surface area contributed by atoms with Gasteiger partial charge >= 0.3 is 0 Å². The molecule has 3 aromatic rings. The van der Waals surface area contributed by atoms with Gasteiger partial charge in [-0.3, -0.25) is 0 Å². The summed E-state index contributed by atoms with van der Waals surface area (Å²) in [5.74, 6) is 0. The highest BCUT2D eigenvalue weighted by molar-refractivity contribution is 5.93. The number of hydrogen-bond donors (Lipinski definition) is 2. The summed E-state index contributed by atoms with van der Waals surface area (Å²) in [6, 6.07) is 13.3. The molecule has 2 nitrogen and oxygen atoms in total. The number of aryl methyl sites for hydroxylation is 4. The minimum Gasteiger partial charge on any atom is -0.354 e. The number of aromatic nitrogens is 1. The summed E-state index contributed by atoms with van der Waals surface area (Å²) in [5, 5.41) is 1.36. The molecule has 0 aliphatic heterocycles. The lowest BCUT2D eigenvalue weighted by atomic mass is 9.98. The lowest BCUT2D eigenvalue weighted by molar-refractivity contribution is 0.748. The molecule has 120 valence electrons. The second-order valence-corrected chi connectivity index (χ2v) is 6.52. The second kappa shape index (κ2) is 6.59. The van der Waals surface area contributed by atoms with Crippen molar-refractivity contribution in [3.8, 4) is 11.3 Å². The lowest BCUT2D eigenvalue weighted by Gasteiger charge is -2.06. The maximum absolute atomic E-state index is 5.69. The van der Waals surface area contributed by atoms with E-state index < -0.39 is 0 Å². The molecule has 0 bridgehead atoms. The normalized spacial score (nSPS) is 11.3. The summed E-state index contributed by atoms with van der Waals surface area (Å²) in [6.45, 7) is 7.30. The molecule has 0 aliphatic carbocycles. The third-order valence-electron chi connectivity index (χ3n) is 4.80. The van der Waals surface area contributed by atoms with Gasteiger partial charge in [0.2, 0.25) is 0 Å². The van der Waals surface area contributed by atoms with E-state index >= 15 is 0 Å². The average molecular weight is 306 g/mol. The zero-order chi connectivity index (χ0) is 16.4. The van der Waals surface area contributed by atoms with Crippen LogP contribution in [0.3, 0.4) is 0 Å². The van der Waals surface area contributed by atoms with E-state index in [4.69, 9.17) is 5.73 Å². The van der Waals surface area contributed by atoms with Crippen molar-refractivity contribution in [3.63, 3.8) is 0 Å². The Bertz CT molecular complexity index is 827. The minimum absolute atomic E-state index is 0.764. The average Bonchev–Trinajstić information content (AvgIpc) is 2.91. The summed E-state index contributed by atoms with van der Waals surface area (Å²) in [5.41, 5.74) is 14.9. The lowest BCUT2D eigenvalue weighted by Crippen LogP contribution is -1.99. The van der Waals surface area contributed by atoms with Crippen molar-refractivity contribution in [2.75, 3.05) is 6.54 Å². The van der Waals surface area contributed by atoms with Crippen LogP contribution in [-0.4, -0.2) is 11.5 Å². The number of hydrogen-bond acceptors (Lipinski definition) is 1. The smallest absolute Gasteiger partial charge is 0.0497 e.